The van der Waals surface area contributed by atoms with Crippen molar-refractivity contribution in [1.29, 1.82) is 0 Å². The van der Waals surface area contributed by atoms with Gasteiger partial charge in [0.25, 0.3) is 5.91 Å². The molecule has 0 aliphatic heterocycles. The molecule has 2 N–H and O–H groups in total. The van der Waals surface area contributed by atoms with Crippen LogP contribution < -0.4 is 10.6 Å². The van der Waals surface area contributed by atoms with Crippen LogP contribution in [0.1, 0.15) is 48.2 Å². The number of carbonyl (C=O) groups is 1. The standard InChI is InChI=1S/C18H21ClN4O/c1-12-14(19)8-5-9-15(12)21-18(24)16-10-11-17(23-22-16)20-13-6-3-2-4-7-13/h5,8-11,13H,2-4,6-7H2,1H3,(H,20,23)(H,21,24). The lowest BCUT2D eigenvalue weighted by molar-refractivity contribution is 0.102. The van der Waals surface area contributed by atoms with Crippen LogP contribution in [-0.4, -0.2) is 22.1 Å². The number of carbonyl (C=O) groups excluding carboxylic acids is 1. The Morgan fingerprint density at radius 1 is 1.12 bits per heavy atom. The molecular formula is C18H21ClN4O. The van der Waals surface area contributed by atoms with Gasteiger partial charge < -0.3 is 10.6 Å². The molecule has 1 aliphatic carbocycles. The number of benzene rings is 1. The van der Waals surface area contributed by atoms with E-state index in [1.807, 2.05) is 13.0 Å². The fourth-order valence-corrected chi connectivity index (χ4v) is 3.09. The van der Waals surface area contributed by atoms with Gasteiger partial charge in [0.1, 0.15) is 5.82 Å². The molecule has 0 saturated heterocycles. The summed E-state index contributed by atoms with van der Waals surface area (Å²) in [6.45, 7) is 1.86. The van der Waals surface area contributed by atoms with E-state index >= 15 is 0 Å². The van der Waals surface area contributed by atoms with Gasteiger partial charge in [-0.3, -0.25) is 4.79 Å². The van der Waals surface area contributed by atoms with Crippen molar-refractivity contribution in [1.82, 2.24) is 10.2 Å². The molecule has 5 nitrogen and oxygen atoms in total. The molecule has 1 saturated carbocycles. The molecule has 126 valence electrons. The van der Waals surface area contributed by atoms with Crippen LogP contribution in [0.25, 0.3) is 0 Å². The van der Waals surface area contributed by atoms with Gasteiger partial charge in [-0.25, -0.2) is 0 Å². The van der Waals surface area contributed by atoms with Gasteiger partial charge >= 0.3 is 0 Å². The van der Waals surface area contributed by atoms with Gasteiger partial charge in [-0.1, -0.05) is 36.9 Å². The molecule has 3 rings (SSSR count). The number of anilines is 2. The number of hydrogen-bond donors (Lipinski definition) is 2. The molecule has 1 aromatic carbocycles. The number of nitrogens with one attached hydrogen (secondary N) is 2. The summed E-state index contributed by atoms with van der Waals surface area (Å²) in [4.78, 5) is 12.3. The summed E-state index contributed by atoms with van der Waals surface area (Å²) in [6, 6.07) is 9.36. The minimum Gasteiger partial charge on any atom is -0.366 e. The maximum atomic E-state index is 12.3. The molecule has 1 amide bonds. The Balaban J connectivity index is 1.64. The summed E-state index contributed by atoms with van der Waals surface area (Å²) in [5.41, 5.74) is 1.79. The minimum atomic E-state index is -0.294. The molecular weight excluding hydrogens is 324 g/mol. The number of rotatable bonds is 4. The number of halogens is 1. The van der Waals surface area contributed by atoms with E-state index in [9.17, 15) is 4.79 Å². The predicted molar refractivity (Wildman–Crippen MR) is 96.7 cm³/mol. The molecule has 0 atom stereocenters. The first-order valence-corrected chi connectivity index (χ1v) is 8.68. The fraction of sp³-hybridized carbons (Fsp3) is 0.389. The average Bonchev–Trinajstić information content (AvgIpc) is 2.60. The van der Waals surface area contributed by atoms with Gasteiger partial charge in [0.15, 0.2) is 5.69 Å². The molecule has 1 aliphatic rings. The SMILES string of the molecule is Cc1c(Cl)cccc1NC(=O)c1ccc(NC2CCCCC2)nn1. The van der Waals surface area contributed by atoms with Gasteiger partial charge in [0.2, 0.25) is 0 Å². The summed E-state index contributed by atoms with van der Waals surface area (Å²) >= 11 is 6.07. The van der Waals surface area contributed by atoms with E-state index in [4.69, 9.17) is 11.6 Å². The van der Waals surface area contributed by atoms with Crippen molar-refractivity contribution in [2.24, 2.45) is 0 Å². The van der Waals surface area contributed by atoms with Crippen molar-refractivity contribution in [2.45, 2.75) is 45.1 Å². The first kappa shape index (κ1) is 16.7. The molecule has 1 fully saturated rings. The van der Waals surface area contributed by atoms with E-state index in [2.05, 4.69) is 20.8 Å². The lowest BCUT2D eigenvalue weighted by Gasteiger charge is -2.22. The lowest BCUT2D eigenvalue weighted by Crippen LogP contribution is -2.23. The first-order chi connectivity index (χ1) is 11.6. The highest BCUT2D eigenvalue weighted by Gasteiger charge is 2.15. The summed E-state index contributed by atoms with van der Waals surface area (Å²) in [5.74, 6) is 0.425. The van der Waals surface area contributed by atoms with Gasteiger partial charge in [-0.15, -0.1) is 10.2 Å². The van der Waals surface area contributed by atoms with E-state index in [1.165, 1.54) is 19.3 Å². The Labute approximate surface area is 146 Å². The van der Waals surface area contributed by atoms with E-state index in [-0.39, 0.29) is 11.6 Å². The smallest absolute Gasteiger partial charge is 0.276 e. The topological polar surface area (TPSA) is 66.9 Å². The minimum absolute atomic E-state index is 0.281. The Bertz CT molecular complexity index is 711. The lowest BCUT2D eigenvalue weighted by atomic mass is 9.95. The highest BCUT2D eigenvalue weighted by Crippen LogP contribution is 2.23. The summed E-state index contributed by atoms with van der Waals surface area (Å²) in [6.07, 6.45) is 6.15. The van der Waals surface area contributed by atoms with E-state index < -0.39 is 0 Å². The van der Waals surface area contributed by atoms with Crippen LogP contribution in [0.15, 0.2) is 30.3 Å². The second-order valence-electron chi connectivity index (χ2n) is 6.15. The van der Waals surface area contributed by atoms with Crippen LogP contribution in [0, 0.1) is 6.92 Å². The molecule has 0 radical (unpaired) electrons. The number of hydrogen-bond acceptors (Lipinski definition) is 4. The zero-order valence-electron chi connectivity index (χ0n) is 13.7. The average molecular weight is 345 g/mol. The second kappa shape index (κ2) is 7.62. The number of aromatic nitrogens is 2. The van der Waals surface area contributed by atoms with Gasteiger partial charge in [-0.05, 0) is 49.6 Å². The van der Waals surface area contributed by atoms with Crippen molar-refractivity contribution in [3.8, 4) is 0 Å². The van der Waals surface area contributed by atoms with Crippen LogP contribution in [0.2, 0.25) is 5.02 Å². The van der Waals surface area contributed by atoms with Crippen molar-refractivity contribution in [3.63, 3.8) is 0 Å². The largest absolute Gasteiger partial charge is 0.366 e. The third kappa shape index (κ3) is 4.03. The van der Waals surface area contributed by atoms with Crippen LogP contribution in [0.4, 0.5) is 11.5 Å². The number of nitrogens with zero attached hydrogens (tertiary/aromatic N) is 2. The normalized spacial score (nSPS) is 15.1. The molecule has 6 heteroatoms. The van der Waals surface area contributed by atoms with E-state index in [0.29, 0.717) is 16.8 Å². The summed E-state index contributed by atoms with van der Waals surface area (Å²) in [7, 11) is 0. The molecule has 0 unspecified atom stereocenters. The molecule has 1 heterocycles. The van der Waals surface area contributed by atoms with Crippen molar-refractivity contribution < 1.29 is 4.79 Å². The third-order valence-electron chi connectivity index (χ3n) is 4.37. The van der Waals surface area contributed by atoms with Crippen LogP contribution in [0.3, 0.4) is 0 Å². The Morgan fingerprint density at radius 2 is 1.92 bits per heavy atom. The van der Waals surface area contributed by atoms with Crippen LogP contribution in [-0.2, 0) is 0 Å². The highest BCUT2D eigenvalue weighted by molar-refractivity contribution is 6.31. The van der Waals surface area contributed by atoms with Crippen LogP contribution >= 0.6 is 11.6 Å². The predicted octanol–water partition coefficient (Wildman–Crippen LogP) is 4.44. The molecule has 0 spiro atoms. The van der Waals surface area contributed by atoms with E-state index in [1.54, 1.807) is 24.3 Å². The molecule has 1 aromatic heterocycles. The second-order valence-corrected chi connectivity index (χ2v) is 6.56. The Hall–Kier alpha value is -2.14. The maximum Gasteiger partial charge on any atom is 0.276 e. The van der Waals surface area contributed by atoms with E-state index in [0.717, 1.165) is 24.2 Å². The Kier molecular flexibility index (Phi) is 5.30. The zero-order chi connectivity index (χ0) is 16.9. The molecule has 2 aromatic rings. The summed E-state index contributed by atoms with van der Waals surface area (Å²) < 4.78 is 0. The molecule has 0 bridgehead atoms. The van der Waals surface area contributed by atoms with Crippen molar-refractivity contribution in [2.75, 3.05) is 10.6 Å². The molecule has 24 heavy (non-hydrogen) atoms. The highest BCUT2D eigenvalue weighted by atomic mass is 35.5. The van der Waals surface area contributed by atoms with Gasteiger partial charge in [0.05, 0.1) is 0 Å². The third-order valence-corrected chi connectivity index (χ3v) is 4.78. The monoisotopic (exact) mass is 344 g/mol. The quantitative estimate of drug-likeness (QED) is 0.860. The number of amides is 1. The van der Waals surface area contributed by atoms with Crippen LogP contribution in [0.5, 0.6) is 0 Å². The Morgan fingerprint density at radius 3 is 2.62 bits per heavy atom. The fourth-order valence-electron chi connectivity index (χ4n) is 2.92. The first-order valence-electron chi connectivity index (χ1n) is 8.30. The maximum absolute atomic E-state index is 12.3. The van der Waals surface area contributed by atoms with Crippen molar-refractivity contribution in [3.05, 3.63) is 46.6 Å². The van der Waals surface area contributed by atoms with Gasteiger partial charge in [-0.2, -0.15) is 0 Å². The van der Waals surface area contributed by atoms with Gasteiger partial charge in [0, 0.05) is 16.8 Å². The van der Waals surface area contributed by atoms with Crippen molar-refractivity contribution >= 4 is 29.0 Å². The zero-order valence-corrected chi connectivity index (χ0v) is 14.4. The summed E-state index contributed by atoms with van der Waals surface area (Å²) in [5, 5.41) is 15.0.